The highest BCUT2D eigenvalue weighted by Crippen LogP contribution is 2.04. The van der Waals surface area contributed by atoms with E-state index in [-0.39, 0.29) is 0 Å². The smallest absolute Gasteiger partial charge is 0.383 e. The van der Waals surface area contributed by atoms with Gasteiger partial charge in [-0.3, -0.25) is 4.98 Å². The zero-order valence-corrected chi connectivity index (χ0v) is 8.78. The van der Waals surface area contributed by atoms with Crippen LogP contribution in [0.1, 0.15) is 13.8 Å². The molecule has 0 aliphatic heterocycles. The molecule has 1 N–H and O–H groups in total. The molecule has 0 aliphatic carbocycles. The lowest BCUT2D eigenvalue weighted by atomic mass is 10.3. The summed E-state index contributed by atoms with van der Waals surface area (Å²) in [5.74, 6) is 0. The summed E-state index contributed by atoms with van der Waals surface area (Å²) in [7, 11) is -3.11. The van der Waals surface area contributed by atoms with Gasteiger partial charge >= 0.3 is 10.6 Å². The molecule has 0 saturated carbocycles. The Hall–Kier alpha value is -1.43. The first-order valence-electron chi connectivity index (χ1n) is 3.95. The first kappa shape index (κ1) is 12.6. The minimum Gasteiger partial charge on any atom is -0.383 e. The molecule has 1 heterocycles. The van der Waals surface area contributed by atoms with Crippen molar-refractivity contribution in [3.8, 4) is 0 Å². The maximum Gasteiger partial charge on any atom is 0.425 e. The summed E-state index contributed by atoms with van der Waals surface area (Å²) in [6.45, 7) is 4.22. The molecular weight excluding hydrogens is 204 g/mol. The first-order valence-corrected chi connectivity index (χ1v) is 4.95. The largest absolute Gasteiger partial charge is 0.425 e. The van der Waals surface area contributed by atoms with Gasteiger partial charge in [-0.25, -0.2) is 0 Å². The van der Waals surface area contributed by atoms with Crippen molar-refractivity contribution in [2.75, 3.05) is 5.32 Å². The summed E-state index contributed by atoms with van der Waals surface area (Å²) in [5.41, 5.74) is 1.13. The normalized spacial score (nSPS) is 8.79. The molecule has 0 radical (unpaired) electrons. The summed E-state index contributed by atoms with van der Waals surface area (Å²) in [5, 5.41) is 3.26. The first-order chi connectivity index (χ1) is 6.52. The molecule has 0 saturated heterocycles. The van der Waals surface area contributed by atoms with Crippen molar-refractivity contribution in [2.45, 2.75) is 19.9 Å². The molecule has 78 valence electrons. The number of pyridine rings is 1. The third-order valence-corrected chi connectivity index (χ3v) is 1.14. The average molecular weight is 216 g/mol. The summed E-state index contributed by atoms with van der Waals surface area (Å²) >= 11 is 0. The van der Waals surface area contributed by atoms with Crippen LogP contribution in [0.2, 0.25) is 0 Å². The Bertz CT molecular complexity index is 340. The summed E-state index contributed by atoms with van der Waals surface area (Å²) in [6, 6.07) is 4.40. The van der Waals surface area contributed by atoms with Crippen molar-refractivity contribution >= 4 is 16.3 Å². The van der Waals surface area contributed by atoms with Gasteiger partial charge in [-0.1, -0.05) is 0 Å². The molecule has 0 unspecified atom stereocenters. The Labute approximate surface area is 84.2 Å². The number of nitrogens with zero attached hydrogens (tertiary/aromatic N) is 1. The topological polar surface area (TPSA) is 76.1 Å². The van der Waals surface area contributed by atoms with E-state index in [9.17, 15) is 0 Å². The molecule has 0 bridgehead atoms. The second-order valence-corrected chi connectivity index (χ2v) is 3.15. The lowest BCUT2D eigenvalue weighted by Crippen LogP contribution is -2.09. The van der Waals surface area contributed by atoms with Crippen LogP contribution in [0.15, 0.2) is 24.5 Å². The quantitative estimate of drug-likeness (QED) is 0.794. The fraction of sp³-hybridized carbons (Fsp3) is 0.375. The third-order valence-electron chi connectivity index (χ3n) is 1.14. The highest BCUT2D eigenvalue weighted by Gasteiger charge is 1.91. The minimum atomic E-state index is -3.11. The van der Waals surface area contributed by atoms with E-state index >= 15 is 0 Å². The molecule has 0 atom stereocenters. The van der Waals surface area contributed by atoms with E-state index in [2.05, 4.69) is 24.1 Å². The molecule has 0 aliphatic rings. The van der Waals surface area contributed by atoms with Crippen molar-refractivity contribution in [1.82, 2.24) is 4.98 Å². The second kappa shape index (κ2) is 7.02. The Morgan fingerprint density at radius 2 is 1.64 bits per heavy atom. The predicted molar refractivity (Wildman–Crippen MR) is 52.7 cm³/mol. The van der Waals surface area contributed by atoms with Gasteiger partial charge in [-0.2, -0.15) is 0 Å². The van der Waals surface area contributed by atoms with E-state index in [0.29, 0.717) is 6.04 Å². The van der Waals surface area contributed by atoms with E-state index in [1.165, 1.54) is 0 Å². The molecule has 1 aromatic rings. The van der Waals surface area contributed by atoms with Gasteiger partial charge in [-0.05, 0) is 26.0 Å². The van der Waals surface area contributed by atoms with Crippen LogP contribution in [0, 0.1) is 0 Å². The lowest BCUT2D eigenvalue weighted by Gasteiger charge is -2.07. The fourth-order valence-electron chi connectivity index (χ4n) is 0.781. The highest BCUT2D eigenvalue weighted by atomic mass is 32.2. The molecule has 5 nitrogen and oxygen atoms in total. The second-order valence-electron chi connectivity index (χ2n) is 2.74. The summed E-state index contributed by atoms with van der Waals surface area (Å²) < 4.78 is 25.3. The van der Waals surface area contributed by atoms with Gasteiger partial charge in [0.1, 0.15) is 0 Å². The van der Waals surface area contributed by atoms with E-state index in [1.54, 1.807) is 12.4 Å². The van der Waals surface area contributed by atoms with E-state index in [1.807, 2.05) is 12.1 Å². The van der Waals surface area contributed by atoms with Gasteiger partial charge in [0.05, 0.1) is 0 Å². The van der Waals surface area contributed by atoms with Crippen LogP contribution >= 0.6 is 0 Å². The number of anilines is 1. The van der Waals surface area contributed by atoms with Crippen molar-refractivity contribution in [3.05, 3.63) is 24.5 Å². The van der Waals surface area contributed by atoms with Gasteiger partial charge in [-0.15, -0.1) is 12.6 Å². The lowest BCUT2D eigenvalue weighted by molar-refractivity contribution is 0.559. The molecule has 14 heavy (non-hydrogen) atoms. The zero-order valence-electron chi connectivity index (χ0n) is 7.97. The van der Waals surface area contributed by atoms with Crippen molar-refractivity contribution in [3.63, 3.8) is 0 Å². The van der Waals surface area contributed by atoms with Crippen LogP contribution in [0.4, 0.5) is 5.69 Å². The Morgan fingerprint density at radius 3 is 2.00 bits per heavy atom. The number of aromatic nitrogens is 1. The third kappa shape index (κ3) is 8.66. The van der Waals surface area contributed by atoms with Crippen molar-refractivity contribution < 1.29 is 12.6 Å². The van der Waals surface area contributed by atoms with Crippen molar-refractivity contribution in [1.29, 1.82) is 0 Å². The van der Waals surface area contributed by atoms with Crippen LogP contribution < -0.4 is 5.32 Å². The zero-order chi connectivity index (χ0) is 11.0. The molecule has 0 amide bonds. The molecule has 0 aromatic carbocycles. The van der Waals surface area contributed by atoms with Crippen LogP contribution in [0.5, 0.6) is 0 Å². The van der Waals surface area contributed by atoms with Crippen LogP contribution in [0.25, 0.3) is 0 Å². The molecule has 6 heteroatoms. The standard InChI is InChI=1S/C8H12N2.O3S/c1-7(2)10-8-3-5-9-6-4-8;1-4(2)3/h3-7H,1-2H3,(H,9,10);. The Balaban J connectivity index is 0.000000364. The predicted octanol–water partition coefficient (Wildman–Crippen LogP) is 0.898. The summed E-state index contributed by atoms with van der Waals surface area (Å²) in [6.07, 6.45) is 3.56. The molecular formula is C8H12N2O3S. The van der Waals surface area contributed by atoms with Crippen LogP contribution in [-0.4, -0.2) is 23.7 Å². The maximum atomic E-state index is 8.44. The number of hydrogen-bond acceptors (Lipinski definition) is 5. The Kier molecular flexibility index (Phi) is 6.30. The van der Waals surface area contributed by atoms with Gasteiger partial charge in [0.2, 0.25) is 0 Å². The van der Waals surface area contributed by atoms with Gasteiger partial charge in [0.15, 0.2) is 0 Å². The van der Waals surface area contributed by atoms with E-state index < -0.39 is 10.6 Å². The SMILES string of the molecule is CC(C)Nc1ccncc1.O=S(=O)=O. The monoisotopic (exact) mass is 216 g/mol. The summed E-state index contributed by atoms with van der Waals surface area (Å²) in [4.78, 5) is 3.91. The maximum absolute atomic E-state index is 8.44. The average Bonchev–Trinajstić information content (AvgIpc) is 2.03. The van der Waals surface area contributed by atoms with Crippen molar-refractivity contribution in [2.24, 2.45) is 0 Å². The molecule has 0 spiro atoms. The molecule has 1 rings (SSSR count). The van der Waals surface area contributed by atoms with Crippen LogP contribution in [0.3, 0.4) is 0 Å². The van der Waals surface area contributed by atoms with Gasteiger partial charge in [0.25, 0.3) is 0 Å². The van der Waals surface area contributed by atoms with E-state index in [4.69, 9.17) is 12.6 Å². The van der Waals surface area contributed by atoms with E-state index in [0.717, 1.165) is 5.69 Å². The number of nitrogens with one attached hydrogen (secondary N) is 1. The van der Waals surface area contributed by atoms with Gasteiger partial charge in [0, 0.05) is 24.1 Å². The minimum absolute atomic E-state index is 0.488. The fourth-order valence-corrected chi connectivity index (χ4v) is 0.781. The number of hydrogen-bond donors (Lipinski definition) is 1. The number of rotatable bonds is 2. The Morgan fingerprint density at radius 1 is 1.21 bits per heavy atom. The molecule has 0 fully saturated rings. The highest BCUT2D eigenvalue weighted by molar-refractivity contribution is 7.59. The molecule has 1 aromatic heterocycles. The van der Waals surface area contributed by atoms with Gasteiger partial charge < -0.3 is 5.32 Å². The van der Waals surface area contributed by atoms with Crippen LogP contribution in [-0.2, 0) is 10.6 Å².